The molecule has 7 atom stereocenters. The van der Waals surface area contributed by atoms with Crippen LogP contribution in [0, 0.1) is 17.8 Å². The lowest BCUT2D eigenvalue weighted by Crippen LogP contribution is -2.78. The van der Waals surface area contributed by atoms with Gasteiger partial charge in [-0.15, -0.1) is 0 Å². The van der Waals surface area contributed by atoms with Crippen LogP contribution in [0.2, 0.25) is 5.02 Å². The molecule has 37 heavy (non-hydrogen) atoms. The van der Waals surface area contributed by atoms with Gasteiger partial charge in [0.25, 0.3) is 0 Å². The van der Waals surface area contributed by atoms with Crippen LogP contribution in [0.3, 0.4) is 0 Å². The zero-order valence-corrected chi connectivity index (χ0v) is 20.8. The minimum Gasteiger partial charge on any atom is -0.472 e. The number of ether oxygens (including phenoxy) is 3. The minimum atomic E-state index is -1.46. The van der Waals surface area contributed by atoms with Gasteiger partial charge in [-0.05, 0) is 43.2 Å². The second-order valence-electron chi connectivity index (χ2n) is 10.1. The highest BCUT2D eigenvalue weighted by Crippen LogP contribution is 2.55. The predicted octanol–water partition coefficient (Wildman–Crippen LogP) is 2.33. The number of benzene rings is 1. The molecule has 1 unspecified atom stereocenters. The molecule has 196 valence electrons. The number of esters is 3. The molecule has 0 bridgehead atoms. The Balaban J connectivity index is 1.53. The second kappa shape index (κ2) is 9.27. The first-order chi connectivity index (χ1) is 17.6. The van der Waals surface area contributed by atoms with Gasteiger partial charge in [0.1, 0.15) is 6.10 Å². The fraction of sp³-hybridized carbons (Fsp3) is 0.462. The molecule has 1 aromatic carbocycles. The summed E-state index contributed by atoms with van der Waals surface area (Å²) >= 11 is 5.90. The van der Waals surface area contributed by atoms with Gasteiger partial charge in [0, 0.05) is 34.5 Å². The van der Waals surface area contributed by atoms with Gasteiger partial charge in [-0.25, -0.2) is 4.79 Å². The minimum absolute atomic E-state index is 0.0735. The number of hydrogen-bond acceptors (Lipinski definition) is 10. The van der Waals surface area contributed by atoms with Gasteiger partial charge in [-0.3, -0.25) is 14.4 Å². The molecule has 10 nitrogen and oxygen atoms in total. The van der Waals surface area contributed by atoms with Gasteiger partial charge in [0.15, 0.2) is 11.9 Å². The van der Waals surface area contributed by atoms with E-state index in [0.29, 0.717) is 10.6 Å². The zero-order valence-electron chi connectivity index (χ0n) is 20.1. The van der Waals surface area contributed by atoms with Crippen molar-refractivity contribution < 1.29 is 37.8 Å². The molecule has 11 heteroatoms. The Labute approximate surface area is 217 Å². The lowest BCUT2D eigenvalue weighted by molar-refractivity contribution is -0.186. The number of carbonyl (C=O) groups is 4. The standard InChI is InChI=1S/C26H27ClN2O8/c1-34-23(32)17-10-18(36-22(31)13-2-4-15(27)5-3-13)20(30)21-25(17,28)8-6-16-24(33)37-19(11-26(16,21)29)14-7-9-35-12-14/h2-5,7,9,12,16-19,21H,6,8,10-11,28-29H2,1H3/t16-,17-,18?,19-,21-,25+,26+/m0/s1. The SMILES string of the molecule is COC(=O)[C@@H]1CC(OC(=O)c2ccc(Cl)cc2)C(=O)[C@H]2[C@@]1(N)CC[C@H]1C(=O)O[C@H](c3ccoc3)C[C@]21N. The Hall–Kier alpha value is -3.21. The number of methoxy groups -OCH3 is 1. The quantitative estimate of drug-likeness (QED) is 0.443. The van der Waals surface area contributed by atoms with Crippen LogP contribution >= 0.6 is 11.6 Å². The number of carbonyl (C=O) groups excluding carboxylic acids is 4. The first-order valence-corrected chi connectivity index (χ1v) is 12.3. The number of furan rings is 1. The van der Waals surface area contributed by atoms with Crippen molar-refractivity contribution in [1.29, 1.82) is 0 Å². The third kappa shape index (κ3) is 4.13. The van der Waals surface area contributed by atoms with Gasteiger partial charge >= 0.3 is 17.9 Å². The molecule has 0 amide bonds. The van der Waals surface area contributed by atoms with E-state index < -0.39 is 64.7 Å². The average molecular weight is 531 g/mol. The van der Waals surface area contributed by atoms with E-state index in [1.54, 1.807) is 6.07 Å². The van der Waals surface area contributed by atoms with Crippen molar-refractivity contribution in [3.63, 3.8) is 0 Å². The Morgan fingerprint density at radius 2 is 1.84 bits per heavy atom. The van der Waals surface area contributed by atoms with Crippen LogP contribution in [0.4, 0.5) is 0 Å². The number of fused-ring (bicyclic) bond motifs is 3. The Bertz CT molecular complexity index is 1230. The van der Waals surface area contributed by atoms with Crippen LogP contribution in [-0.4, -0.2) is 48.0 Å². The molecule has 3 aliphatic rings. The van der Waals surface area contributed by atoms with E-state index in [1.165, 1.54) is 43.9 Å². The maximum atomic E-state index is 14.0. The molecule has 0 radical (unpaired) electrons. The molecular weight excluding hydrogens is 504 g/mol. The van der Waals surface area contributed by atoms with Crippen molar-refractivity contribution >= 4 is 35.3 Å². The van der Waals surface area contributed by atoms with Crippen LogP contribution < -0.4 is 11.5 Å². The summed E-state index contributed by atoms with van der Waals surface area (Å²) in [5.74, 6) is -5.48. The van der Waals surface area contributed by atoms with Crippen LogP contribution in [0.5, 0.6) is 0 Å². The van der Waals surface area contributed by atoms with E-state index in [-0.39, 0.29) is 31.2 Å². The van der Waals surface area contributed by atoms with Crippen molar-refractivity contribution in [2.45, 2.75) is 49.0 Å². The van der Waals surface area contributed by atoms with Gasteiger partial charge in [-0.2, -0.15) is 0 Å². The van der Waals surface area contributed by atoms with Crippen LogP contribution in [0.1, 0.15) is 47.7 Å². The van der Waals surface area contributed by atoms with Crippen LogP contribution in [0.25, 0.3) is 0 Å². The molecule has 2 aliphatic carbocycles. The van der Waals surface area contributed by atoms with Crippen LogP contribution in [0.15, 0.2) is 47.3 Å². The summed E-state index contributed by atoms with van der Waals surface area (Å²) < 4.78 is 21.4. The lowest BCUT2D eigenvalue weighted by atomic mass is 9.48. The van der Waals surface area contributed by atoms with Gasteiger partial charge in [-0.1, -0.05) is 11.6 Å². The zero-order chi connectivity index (χ0) is 26.5. The smallest absolute Gasteiger partial charge is 0.338 e. The highest BCUT2D eigenvalue weighted by atomic mass is 35.5. The van der Waals surface area contributed by atoms with E-state index in [0.717, 1.165) is 0 Å². The lowest BCUT2D eigenvalue weighted by Gasteiger charge is -2.60. The number of halogens is 1. The van der Waals surface area contributed by atoms with Gasteiger partial charge in [0.05, 0.1) is 43.0 Å². The highest BCUT2D eigenvalue weighted by molar-refractivity contribution is 6.30. The summed E-state index contributed by atoms with van der Waals surface area (Å²) in [6.45, 7) is 0. The summed E-state index contributed by atoms with van der Waals surface area (Å²) in [7, 11) is 1.22. The first kappa shape index (κ1) is 25.4. The monoisotopic (exact) mass is 530 g/mol. The predicted molar refractivity (Wildman–Crippen MR) is 128 cm³/mol. The third-order valence-electron chi connectivity index (χ3n) is 8.10. The van der Waals surface area contributed by atoms with Crippen molar-refractivity contribution in [1.82, 2.24) is 0 Å². The average Bonchev–Trinajstić information content (AvgIpc) is 3.40. The van der Waals surface area contributed by atoms with Crippen molar-refractivity contribution in [3.05, 3.63) is 59.0 Å². The molecule has 2 saturated carbocycles. The Kier molecular flexibility index (Phi) is 6.37. The summed E-state index contributed by atoms with van der Waals surface area (Å²) in [6.07, 6.45) is 1.11. The summed E-state index contributed by atoms with van der Waals surface area (Å²) in [4.78, 5) is 53.0. The number of nitrogens with two attached hydrogens (primary N) is 2. The van der Waals surface area contributed by atoms with Crippen molar-refractivity contribution in [3.8, 4) is 0 Å². The van der Waals surface area contributed by atoms with E-state index in [1.807, 2.05) is 0 Å². The van der Waals surface area contributed by atoms with E-state index in [9.17, 15) is 19.2 Å². The van der Waals surface area contributed by atoms with Gasteiger partial charge in [0.2, 0.25) is 0 Å². The first-order valence-electron chi connectivity index (χ1n) is 12.0. The molecule has 2 heterocycles. The molecular formula is C26H27ClN2O8. The summed E-state index contributed by atoms with van der Waals surface area (Å²) in [6, 6.07) is 7.63. The summed E-state index contributed by atoms with van der Waals surface area (Å²) in [5.41, 5.74) is 11.7. The maximum absolute atomic E-state index is 14.0. The largest absolute Gasteiger partial charge is 0.472 e. The normalized spacial score (nSPS) is 35.1. The Morgan fingerprint density at radius 3 is 2.49 bits per heavy atom. The van der Waals surface area contributed by atoms with E-state index in [2.05, 4.69) is 0 Å². The molecule has 1 aromatic heterocycles. The molecule has 5 rings (SSSR count). The van der Waals surface area contributed by atoms with Gasteiger partial charge < -0.3 is 30.1 Å². The molecule has 4 N–H and O–H groups in total. The Morgan fingerprint density at radius 1 is 1.11 bits per heavy atom. The molecule has 2 aromatic rings. The molecule has 0 spiro atoms. The fourth-order valence-corrected chi connectivity index (χ4v) is 6.45. The third-order valence-corrected chi connectivity index (χ3v) is 8.35. The van der Waals surface area contributed by atoms with Crippen molar-refractivity contribution in [2.75, 3.05) is 7.11 Å². The number of Topliss-reactive ketones (excluding diaryl/α,β-unsaturated/α-hetero) is 1. The number of hydrogen-bond donors (Lipinski definition) is 2. The van der Waals surface area contributed by atoms with Crippen molar-refractivity contribution in [2.24, 2.45) is 29.2 Å². The topological polar surface area (TPSA) is 161 Å². The summed E-state index contributed by atoms with van der Waals surface area (Å²) in [5, 5.41) is 0.429. The van der Waals surface area contributed by atoms with E-state index >= 15 is 0 Å². The number of ketones is 1. The molecule has 1 aliphatic heterocycles. The number of rotatable bonds is 4. The fourth-order valence-electron chi connectivity index (χ4n) is 6.32. The second-order valence-corrected chi connectivity index (χ2v) is 10.5. The van der Waals surface area contributed by atoms with E-state index in [4.69, 9.17) is 41.7 Å². The maximum Gasteiger partial charge on any atom is 0.338 e. The molecule has 1 saturated heterocycles. The number of cyclic esters (lactones) is 1. The highest BCUT2D eigenvalue weighted by Gasteiger charge is 2.69. The molecule has 3 fully saturated rings. The van der Waals surface area contributed by atoms with Crippen LogP contribution in [-0.2, 0) is 28.6 Å².